The summed E-state index contributed by atoms with van der Waals surface area (Å²) in [4.78, 5) is 26.0. The Morgan fingerprint density at radius 3 is 2.65 bits per heavy atom. The molecule has 138 valence electrons. The molecule has 8 heteroatoms. The normalized spacial score (nSPS) is 16.1. The lowest BCUT2D eigenvalue weighted by Crippen LogP contribution is -2.53. The van der Waals surface area contributed by atoms with E-state index in [0.717, 1.165) is 0 Å². The minimum atomic E-state index is -0.571. The standard InChI is InChI=1S/C18H19ClN2O4S/c1-5-6-21-17(23)12(16(22)20-18(21)26)7-11-8-13(19)15(25-10(2)3)14(9-11)24-4/h5,7-10H,1,6H2,2-4H3,(H,20,22,26)/b12-7+. The number of thiocarbonyl (C=S) groups is 1. The monoisotopic (exact) mass is 394 g/mol. The van der Waals surface area contributed by atoms with Crippen LogP contribution in [-0.2, 0) is 9.59 Å². The van der Waals surface area contributed by atoms with Crippen molar-refractivity contribution in [3.8, 4) is 11.5 Å². The van der Waals surface area contributed by atoms with Crippen molar-refractivity contribution in [1.82, 2.24) is 10.2 Å². The number of benzene rings is 1. The van der Waals surface area contributed by atoms with E-state index in [4.69, 9.17) is 33.3 Å². The van der Waals surface area contributed by atoms with Crippen molar-refractivity contribution in [2.24, 2.45) is 0 Å². The van der Waals surface area contributed by atoms with Gasteiger partial charge in [0.25, 0.3) is 11.8 Å². The van der Waals surface area contributed by atoms with Gasteiger partial charge in [0.05, 0.1) is 18.2 Å². The fourth-order valence-corrected chi connectivity index (χ4v) is 2.84. The van der Waals surface area contributed by atoms with Crippen molar-refractivity contribution in [2.45, 2.75) is 20.0 Å². The Bertz CT molecular complexity index is 805. The van der Waals surface area contributed by atoms with E-state index in [2.05, 4.69) is 11.9 Å². The Labute approximate surface area is 162 Å². The van der Waals surface area contributed by atoms with Crippen LogP contribution in [0.15, 0.2) is 30.4 Å². The SMILES string of the molecule is C=CCN1C(=O)/C(=C/c2cc(Cl)c(OC(C)C)c(OC)c2)C(=O)NC1=S. The van der Waals surface area contributed by atoms with Crippen LogP contribution < -0.4 is 14.8 Å². The number of halogens is 1. The van der Waals surface area contributed by atoms with Crippen molar-refractivity contribution >= 4 is 46.8 Å². The second-order valence-electron chi connectivity index (χ2n) is 5.72. The van der Waals surface area contributed by atoms with Gasteiger partial charge in [0.1, 0.15) is 5.57 Å². The molecule has 0 saturated carbocycles. The third-order valence-electron chi connectivity index (χ3n) is 3.41. The Hall–Kier alpha value is -2.38. The van der Waals surface area contributed by atoms with Crippen LogP contribution in [-0.4, -0.2) is 41.6 Å². The number of ether oxygens (including phenoxy) is 2. The maximum absolute atomic E-state index is 12.6. The van der Waals surface area contributed by atoms with E-state index in [1.807, 2.05) is 13.8 Å². The molecule has 6 nitrogen and oxygen atoms in total. The maximum atomic E-state index is 12.6. The van der Waals surface area contributed by atoms with Gasteiger partial charge in [-0.25, -0.2) is 0 Å². The first-order valence-electron chi connectivity index (χ1n) is 7.82. The summed E-state index contributed by atoms with van der Waals surface area (Å²) in [5, 5.41) is 2.85. The molecular formula is C18H19ClN2O4S. The molecule has 2 rings (SSSR count). The Balaban J connectivity index is 2.46. The Morgan fingerprint density at radius 2 is 2.08 bits per heavy atom. The van der Waals surface area contributed by atoms with Gasteiger partial charge >= 0.3 is 0 Å². The number of hydrogen-bond donors (Lipinski definition) is 1. The molecule has 1 N–H and O–H groups in total. The van der Waals surface area contributed by atoms with Gasteiger partial charge in [-0.1, -0.05) is 17.7 Å². The molecule has 1 aliphatic rings. The lowest BCUT2D eigenvalue weighted by atomic mass is 10.1. The summed E-state index contributed by atoms with van der Waals surface area (Å²) in [6.07, 6.45) is 2.87. The highest BCUT2D eigenvalue weighted by atomic mass is 35.5. The van der Waals surface area contributed by atoms with Gasteiger partial charge in [0.2, 0.25) is 0 Å². The van der Waals surface area contributed by atoms with Crippen LogP contribution in [0, 0.1) is 0 Å². The van der Waals surface area contributed by atoms with E-state index in [1.54, 1.807) is 12.1 Å². The molecule has 0 unspecified atom stereocenters. The van der Waals surface area contributed by atoms with Gasteiger partial charge < -0.3 is 9.47 Å². The molecule has 0 spiro atoms. The maximum Gasteiger partial charge on any atom is 0.265 e. The van der Waals surface area contributed by atoms with Gasteiger partial charge in [0.15, 0.2) is 16.6 Å². The zero-order valence-corrected chi connectivity index (χ0v) is 16.2. The minimum Gasteiger partial charge on any atom is -0.493 e. The van der Waals surface area contributed by atoms with Crippen LogP contribution in [0.4, 0.5) is 0 Å². The highest BCUT2D eigenvalue weighted by Gasteiger charge is 2.32. The van der Waals surface area contributed by atoms with E-state index in [1.165, 1.54) is 24.2 Å². The van der Waals surface area contributed by atoms with E-state index in [0.29, 0.717) is 22.1 Å². The summed E-state index contributed by atoms with van der Waals surface area (Å²) in [5.74, 6) is -0.269. The van der Waals surface area contributed by atoms with E-state index >= 15 is 0 Å². The fraction of sp³-hybridized carbons (Fsp3) is 0.278. The van der Waals surface area contributed by atoms with Crippen LogP contribution in [0.1, 0.15) is 19.4 Å². The zero-order chi connectivity index (χ0) is 19.4. The van der Waals surface area contributed by atoms with Gasteiger partial charge in [-0.3, -0.25) is 19.8 Å². The summed E-state index contributed by atoms with van der Waals surface area (Å²) in [6, 6.07) is 3.24. The highest BCUT2D eigenvalue weighted by Crippen LogP contribution is 2.37. The molecule has 1 aromatic rings. The van der Waals surface area contributed by atoms with Crippen LogP contribution in [0.25, 0.3) is 6.08 Å². The predicted molar refractivity (Wildman–Crippen MR) is 104 cm³/mol. The van der Waals surface area contributed by atoms with Gasteiger partial charge in [-0.15, -0.1) is 6.58 Å². The summed E-state index contributed by atoms with van der Waals surface area (Å²) in [5.41, 5.74) is 0.462. The topological polar surface area (TPSA) is 67.9 Å². The van der Waals surface area contributed by atoms with Crippen molar-refractivity contribution in [3.63, 3.8) is 0 Å². The highest BCUT2D eigenvalue weighted by molar-refractivity contribution is 7.80. The number of hydrogen-bond acceptors (Lipinski definition) is 5. The average molecular weight is 395 g/mol. The van der Waals surface area contributed by atoms with Gasteiger partial charge in [0, 0.05) is 6.54 Å². The zero-order valence-electron chi connectivity index (χ0n) is 14.7. The second kappa shape index (κ2) is 8.33. The molecule has 0 aromatic heterocycles. The summed E-state index contributed by atoms with van der Waals surface area (Å²) in [6.45, 7) is 7.52. The Morgan fingerprint density at radius 1 is 1.38 bits per heavy atom. The third kappa shape index (κ3) is 4.23. The molecule has 2 amide bonds. The largest absolute Gasteiger partial charge is 0.493 e. The lowest BCUT2D eigenvalue weighted by molar-refractivity contribution is -0.128. The molecular weight excluding hydrogens is 376 g/mol. The quantitative estimate of drug-likeness (QED) is 0.348. The number of nitrogens with one attached hydrogen (secondary N) is 1. The smallest absolute Gasteiger partial charge is 0.265 e. The first-order chi connectivity index (χ1) is 12.3. The van der Waals surface area contributed by atoms with E-state index in [-0.39, 0.29) is 23.3 Å². The molecule has 0 bridgehead atoms. The first kappa shape index (κ1) is 19.9. The molecule has 0 aliphatic carbocycles. The van der Waals surface area contributed by atoms with Crippen LogP contribution in [0.3, 0.4) is 0 Å². The summed E-state index contributed by atoms with van der Waals surface area (Å²) >= 11 is 11.3. The minimum absolute atomic E-state index is 0.0494. The molecule has 0 radical (unpaired) electrons. The molecule has 0 atom stereocenters. The van der Waals surface area contributed by atoms with Crippen molar-refractivity contribution in [2.75, 3.05) is 13.7 Å². The number of methoxy groups -OCH3 is 1. The lowest BCUT2D eigenvalue weighted by Gasteiger charge is -2.27. The van der Waals surface area contributed by atoms with Crippen LogP contribution >= 0.6 is 23.8 Å². The number of carbonyl (C=O) groups is 2. The summed E-state index contributed by atoms with van der Waals surface area (Å²) < 4.78 is 11.0. The van der Waals surface area contributed by atoms with Crippen LogP contribution in [0.2, 0.25) is 5.02 Å². The van der Waals surface area contributed by atoms with Crippen molar-refractivity contribution in [3.05, 3.63) is 40.9 Å². The summed E-state index contributed by atoms with van der Waals surface area (Å²) in [7, 11) is 1.48. The van der Waals surface area contributed by atoms with Crippen molar-refractivity contribution < 1.29 is 19.1 Å². The molecule has 26 heavy (non-hydrogen) atoms. The molecule has 1 aromatic carbocycles. The average Bonchev–Trinajstić information content (AvgIpc) is 2.57. The van der Waals surface area contributed by atoms with Gasteiger partial charge in [-0.05, 0) is 49.8 Å². The molecule has 1 heterocycles. The number of carbonyl (C=O) groups excluding carboxylic acids is 2. The first-order valence-corrected chi connectivity index (χ1v) is 8.61. The number of rotatable bonds is 6. The van der Waals surface area contributed by atoms with E-state index < -0.39 is 11.8 Å². The third-order valence-corrected chi connectivity index (χ3v) is 4.02. The fourth-order valence-electron chi connectivity index (χ4n) is 2.33. The number of amides is 2. The molecule has 1 aliphatic heterocycles. The predicted octanol–water partition coefficient (Wildman–Crippen LogP) is 2.95. The van der Waals surface area contributed by atoms with Crippen LogP contribution in [0.5, 0.6) is 11.5 Å². The molecule has 1 saturated heterocycles. The van der Waals surface area contributed by atoms with Crippen molar-refractivity contribution in [1.29, 1.82) is 0 Å². The van der Waals surface area contributed by atoms with E-state index in [9.17, 15) is 9.59 Å². The number of nitrogens with zero attached hydrogens (tertiary/aromatic N) is 1. The Kier molecular flexibility index (Phi) is 6.39. The second-order valence-corrected chi connectivity index (χ2v) is 6.52. The van der Waals surface area contributed by atoms with Gasteiger partial charge in [-0.2, -0.15) is 0 Å². The molecule has 1 fully saturated rings.